The van der Waals surface area contributed by atoms with Gasteiger partial charge in [-0.1, -0.05) is 12.8 Å². The molecule has 2 rings (SSSR count). The van der Waals surface area contributed by atoms with Gasteiger partial charge >= 0.3 is 0 Å². The molecule has 1 unspecified atom stereocenters. The Kier molecular flexibility index (Phi) is 4.80. The number of nitrogens with one attached hydrogen (secondary N) is 2. The van der Waals surface area contributed by atoms with Gasteiger partial charge in [0.1, 0.15) is 0 Å². The number of nitrogens with zero attached hydrogens (tertiary/aromatic N) is 1. The van der Waals surface area contributed by atoms with Crippen molar-refractivity contribution in [2.24, 2.45) is 0 Å². The van der Waals surface area contributed by atoms with E-state index in [9.17, 15) is 4.79 Å². The Hall–Kier alpha value is -0.610. The average molecular weight is 239 g/mol. The lowest BCUT2D eigenvalue weighted by molar-refractivity contribution is -0.119. The molecule has 1 aliphatic heterocycles. The number of carbonyl (C=O) groups is 1. The first-order valence-corrected chi connectivity index (χ1v) is 6.96. The van der Waals surface area contributed by atoms with Crippen LogP contribution in [0.5, 0.6) is 0 Å². The zero-order chi connectivity index (χ0) is 12.1. The van der Waals surface area contributed by atoms with Crippen molar-refractivity contribution < 1.29 is 4.79 Å². The highest BCUT2D eigenvalue weighted by Gasteiger charge is 2.21. The van der Waals surface area contributed by atoms with Crippen molar-refractivity contribution in [3.05, 3.63) is 0 Å². The summed E-state index contributed by atoms with van der Waals surface area (Å²) >= 11 is 0. The third-order valence-corrected chi connectivity index (χ3v) is 4.07. The molecule has 4 nitrogen and oxygen atoms in total. The fourth-order valence-corrected chi connectivity index (χ4v) is 2.89. The van der Waals surface area contributed by atoms with Gasteiger partial charge in [0.15, 0.2) is 0 Å². The number of rotatable bonds is 6. The number of carbonyl (C=O) groups excluding carboxylic acids is 1. The van der Waals surface area contributed by atoms with E-state index in [4.69, 9.17) is 0 Å². The van der Waals surface area contributed by atoms with E-state index < -0.39 is 0 Å². The zero-order valence-electron chi connectivity index (χ0n) is 10.9. The van der Waals surface area contributed by atoms with Crippen LogP contribution in [0.25, 0.3) is 0 Å². The highest BCUT2D eigenvalue weighted by molar-refractivity contribution is 5.78. The Labute approximate surface area is 104 Å². The van der Waals surface area contributed by atoms with E-state index in [0.717, 1.165) is 32.1 Å². The SMILES string of the molecule is CN(CCNCC1CCC(=O)N1)C1CCCC1. The van der Waals surface area contributed by atoms with Gasteiger partial charge < -0.3 is 15.5 Å². The standard InChI is InChI=1S/C13H25N3O/c1-16(12-4-2-3-5-12)9-8-14-10-11-6-7-13(17)15-11/h11-12,14H,2-10H2,1H3,(H,15,17). The highest BCUT2D eigenvalue weighted by atomic mass is 16.1. The normalized spacial score (nSPS) is 25.8. The molecule has 1 saturated heterocycles. The third kappa shape index (κ3) is 3.96. The van der Waals surface area contributed by atoms with Gasteiger partial charge in [0, 0.05) is 38.1 Å². The van der Waals surface area contributed by atoms with Gasteiger partial charge in [-0.25, -0.2) is 0 Å². The molecule has 1 aliphatic carbocycles. The molecule has 0 radical (unpaired) electrons. The minimum absolute atomic E-state index is 0.208. The summed E-state index contributed by atoms with van der Waals surface area (Å²) in [6.07, 6.45) is 7.23. The fraction of sp³-hybridized carbons (Fsp3) is 0.923. The largest absolute Gasteiger partial charge is 0.352 e. The van der Waals surface area contributed by atoms with Gasteiger partial charge in [-0.15, -0.1) is 0 Å². The summed E-state index contributed by atoms with van der Waals surface area (Å²) in [6, 6.07) is 1.17. The first kappa shape index (κ1) is 12.8. The summed E-state index contributed by atoms with van der Waals surface area (Å²) in [5, 5.41) is 6.43. The summed E-state index contributed by atoms with van der Waals surface area (Å²) < 4.78 is 0. The van der Waals surface area contributed by atoms with E-state index >= 15 is 0 Å². The van der Waals surface area contributed by atoms with Crippen molar-refractivity contribution >= 4 is 5.91 Å². The third-order valence-electron chi connectivity index (χ3n) is 4.07. The summed E-state index contributed by atoms with van der Waals surface area (Å²) in [5.74, 6) is 0.208. The van der Waals surface area contributed by atoms with Gasteiger partial charge in [-0.2, -0.15) is 0 Å². The second-order valence-electron chi connectivity index (χ2n) is 5.43. The van der Waals surface area contributed by atoms with Crippen LogP contribution in [-0.2, 0) is 4.79 Å². The van der Waals surface area contributed by atoms with Crippen molar-refractivity contribution in [1.29, 1.82) is 0 Å². The average Bonchev–Trinajstić information content (AvgIpc) is 2.95. The summed E-state index contributed by atoms with van der Waals surface area (Å²) in [7, 11) is 2.23. The zero-order valence-corrected chi connectivity index (χ0v) is 10.9. The molecule has 98 valence electrons. The number of hydrogen-bond donors (Lipinski definition) is 2. The fourth-order valence-electron chi connectivity index (χ4n) is 2.89. The van der Waals surface area contributed by atoms with Crippen LogP contribution in [0.1, 0.15) is 38.5 Å². The second kappa shape index (κ2) is 6.36. The van der Waals surface area contributed by atoms with Crippen LogP contribution in [0.15, 0.2) is 0 Å². The van der Waals surface area contributed by atoms with E-state index in [1.54, 1.807) is 0 Å². The molecular formula is C13H25N3O. The Morgan fingerprint density at radius 1 is 1.35 bits per heavy atom. The van der Waals surface area contributed by atoms with Crippen LogP contribution in [-0.4, -0.2) is 49.6 Å². The van der Waals surface area contributed by atoms with Crippen molar-refractivity contribution in [2.75, 3.05) is 26.7 Å². The molecule has 0 aromatic carbocycles. The smallest absolute Gasteiger partial charge is 0.220 e. The lowest BCUT2D eigenvalue weighted by Crippen LogP contribution is -2.40. The molecule has 1 saturated carbocycles. The molecule has 0 spiro atoms. The number of amides is 1. The number of hydrogen-bond acceptors (Lipinski definition) is 3. The summed E-state index contributed by atoms with van der Waals surface area (Å²) in [5.41, 5.74) is 0. The van der Waals surface area contributed by atoms with Gasteiger partial charge in [-0.05, 0) is 26.3 Å². The summed E-state index contributed by atoms with van der Waals surface area (Å²) in [4.78, 5) is 13.5. The highest BCUT2D eigenvalue weighted by Crippen LogP contribution is 2.21. The van der Waals surface area contributed by atoms with Crippen molar-refractivity contribution in [3.63, 3.8) is 0 Å². The molecule has 1 atom stereocenters. The van der Waals surface area contributed by atoms with E-state index in [1.807, 2.05) is 0 Å². The van der Waals surface area contributed by atoms with Crippen molar-refractivity contribution in [3.8, 4) is 0 Å². The van der Waals surface area contributed by atoms with Crippen LogP contribution >= 0.6 is 0 Å². The minimum Gasteiger partial charge on any atom is -0.352 e. The molecule has 0 bridgehead atoms. The molecule has 2 aliphatic rings. The van der Waals surface area contributed by atoms with Crippen LogP contribution in [0, 0.1) is 0 Å². The molecule has 1 heterocycles. The van der Waals surface area contributed by atoms with Crippen LogP contribution < -0.4 is 10.6 Å². The van der Waals surface area contributed by atoms with Gasteiger partial charge in [0.05, 0.1) is 0 Å². The Balaban J connectivity index is 1.52. The Morgan fingerprint density at radius 3 is 2.76 bits per heavy atom. The number of likely N-dealkylation sites (N-methyl/N-ethyl adjacent to an activating group) is 1. The topological polar surface area (TPSA) is 44.4 Å². The molecule has 0 aromatic rings. The van der Waals surface area contributed by atoms with E-state index in [0.29, 0.717) is 12.5 Å². The first-order chi connectivity index (χ1) is 8.25. The van der Waals surface area contributed by atoms with Crippen molar-refractivity contribution in [1.82, 2.24) is 15.5 Å². The Morgan fingerprint density at radius 2 is 2.12 bits per heavy atom. The molecule has 0 aromatic heterocycles. The van der Waals surface area contributed by atoms with Gasteiger partial charge in [-0.3, -0.25) is 4.79 Å². The van der Waals surface area contributed by atoms with Crippen LogP contribution in [0.3, 0.4) is 0 Å². The van der Waals surface area contributed by atoms with Gasteiger partial charge in [0.25, 0.3) is 0 Å². The van der Waals surface area contributed by atoms with E-state index in [1.165, 1.54) is 25.7 Å². The maximum absolute atomic E-state index is 11.0. The van der Waals surface area contributed by atoms with Crippen LogP contribution in [0.4, 0.5) is 0 Å². The second-order valence-corrected chi connectivity index (χ2v) is 5.43. The molecule has 17 heavy (non-hydrogen) atoms. The summed E-state index contributed by atoms with van der Waals surface area (Å²) in [6.45, 7) is 3.06. The van der Waals surface area contributed by atoms with Crippen molar-refractivity contribution in [2.45, 2.75) is 50.6 Å². The lowest BCUT2D eigenvalue weighted by Gasteiger charge is -2.24. The van der Waals surface area contributed by atoms with E-state index in [2.05, 4.69) is 22.6 Å². The lowest BCUT2D eigenvalue weighted by atomic mass is 10.2. The van der Waals surface area contributed by atoms with Gasteiger partial charge in [0.2, 0.25) is 5.91 Å². The minimum atomic E-state index is 0.208. The molecular weight excluding hydrogens is 214 g/mol. The maximum atomic E-state index is 11.0. The van der Waals surface area contributed by atoms with Crippen LogP contribution in [0.2, 0.25) is 0 Å². The predicted molar refractivity (Wildman–Crippen MR) is 68.9 cm³/mol. The van der Waals surface area contributed by atoms with E-state index in [-0.39, 0.29) is 5.91 Å². The monoisotopic (exact) mass is 239 g/mol. The first-order valence-electron chi connectivity index (χ1n) is 6.96. The maximum Gasteiger partial charge on any atom is 0.220 e. The molecule has 2 fully saturated rings. The predicted octanol–water partition coefficient (Wildman–Crippen LogP) is 0.729. The molecule has 4 heteroatoms. The Bertz CT molecular complexity index is 251. The molecule has 2 N–H and O–H groups in total. The quantitative estimate of drug-likeness (QED) is 0.672. The molecule has 1 amide bonds.